The fourth-order valence-electron chi connectivity index (χ4n) is 2.84. The molecule has 0 N–H and O–H groups in total. The van der Waals surface area contributed by atoms with Crippen LogP contribution in [0, 0.1) is 20.8 Å². The van der Waals surface area contributed by atoms with Crippen LogP contribution < -0.4 is 0 Å². The van der Waals surface area contributed by atoms with Crippen LogP contribution in [0.4, 0.5) is 0 Å². The molecule has 130 valence electrons. The van der Waals surface area contributed by atoms with E-state index in [1.807, 2.05) is 31.5 Å². The molecule has 6 heteroatoms. The van der Waals surface area contributed by atoms with Crippen LogP contribution in [0.5, 0.6) is 0 Å². The van der Waals surface area contributed by atoms with Crippen LogP contribution in [0.2, 0.25) is 0 Å². The molecule has 2 heterocycles. The number of benzene rings is 1. The largest absolute Gasteiger partial charge is 0.293 e. The highest BCUT2D eigenvalue weighted by Crippen LogP contribution is 2.33. The van der Waals surface area contributed by atoms with E-state index in [2.05, 4.69) is 36.3 Å². The summed E-state index contributed by atoms with van der Waals surface area (Å²) in [6, 6.07) is 8.46. The number of hydrogen-bond acceptors (Lipinski definition) is 4. The number of amides is 1. The Bertz CT molecular complexity index is 866. The minimum atomic E-state index is -0.0115. The van der Waals surface area contributed by atoms with Crippen molar-refractivity contribution in [1.29, 1.82) is 0 Å². The van der Waals surface area contributed by atoms with Crippen molar-refractivity contribution < 1.29 is 4.79 Å². The van der Waals surface area contributed by atoms with Gasteiger partial charge >= 0.3 is 0 Å². The molecule has 2 aromatic rings. The summed E-state index contributed by atoms with van der Waals surface area (Å²) >= 11 is 6.65. The fraction of sp³-hybridized carbons (Fsp3) is 0.316. The van der Waals surface area contributed by atoms with Gasteiger partial charge in [0.1, 0.15) is 4.32 Å². The van der Waals surface area contributed by atoms with Crippen molar-refractivity contribution in [2.75, 3.05) is 6.54 Å². The molecule has 0 aliphatic carbocycles. The summed E-state index contributed by atoms with van der Waals surface area (Å²) in [5.74, 6) is -0.0115. The predicted molar refractivity (Wildman–Crippen MR) is 108 cm³/mol. The van der Waals surface area contributed by atoms with Crippen LogP contribution in [0.1, 0.15) is 35.0 Å². The zero-order chi connectivity index (χ0) is 18.1. The van der Waals surface area contributed by atoms with E-state index >= 15 is 0 Å². The van der Waals surface area contributed by atoms with E-state index in [-0.39, 0.29) is 5.91 Å². The Hall–Kier alpha value is -1.92. The maximum atomic E-state index is 12.4. The molecule has 0 saturated carbocycles. The molecule has 1 fully saturated rings. The lowest BCUT2D eigenvalue weighted by Gasteiger charge is -2.09. The second kappa shape index (κ2) is 7.14. The molecule has 0 atom stereocenters. The second-order valence-corrected chi connectivity index (χ2v) is 7.83. The molecule has 0 unspecified atom stereocenters. The van der Waals surface area contributed by atoms with Crippen molar-refractivity contribution in [1.82, 2.24) is 14.7 Å². The van der Waals surface area contributed by atoms with E-state index in [9.17, 15) is 4.79 Å². The first kappa shape index (κ1) is 17.9. The summed E-state index contributed by atoms with van der Waals surface area (Å²) in [6.07, 6.45) is 1.93. The van der Waals surface area contributed by atoms with Gasteiger partial charge in [0.25, 0.3) is 5.91 Å². The molecular formula is C19H21N3OS2. The van der Waals surface area contributed by atoms with Crippen LogP contribution in [0.3, 0.4) is 0 Å². The monoisotopic (exact) mass is 371 g/mol. The quantitative estimate of drug-likeness (QED) is 0.600. The maximum Gasteiger partial charge on any atom is 0.266 e. The average molecular weight is 372 g/mol. The molecule has 0 spiro atoms. The summed E-state index contributed by atoms with van der Waals surface area (Å²) in [5, 5.41) is 4.66. The van der Waals surface area contributed by atoms with Gasteiger partial charge in [-0.1, -0.05) is 53.8 Å². The van der Waals surface area contributed by atoms with Gasteiger partial charge in [-0.2, -0.15) is 5.10 Å². The highest BCUT2D eigenvalue weighted by Gasteiger charge is 2.31. The van der Waals surface area contributed by atoms with Crippen LogP contribution in [-0.2, 0) is 11.3 Å². The molecule has 1 aliphatic rings. The van der Waals surface area contributed by atoms with Crippen LogP contribution in [0.25, 0.3) is 6.08 Å². The number of nitrogens with zero attached hydrogens (tertiary/aromatic N) is 3. The van der Waals surface area contributed by atoms with Gasteiger partial charge < -0.3 is 0 Å². The number of carbonyl (C=O) groups excluding carboxylic acids is 1. The summed E-state index contributed by atoms with van der Waals surface area (Å²) in [7, 11) is 0. The van der Waals surface area contributed by atoms with Crippen LogP contribution in [-0.4, -0.2) is 31.5 Å². The number of thioether (sulfide) groups is 1. The lowest BCUT2D eigenvalue weighted by molar-refractivity contribution is -0.121. The molecule has 1 aliphatic heterocycles. The minimum Gasteiger partial charge on any atom is -0.293 e. The van der Waals surface area contributed by atoms with Gasteiger partial charge in [0.2, 0.25) is 0 Å². The zero-order valence-corrected chi connectivity index (χ0v) is 16.5. The molecule has 1 aromatic carbocycles. The van der Waals surface area contributed by atoms with Gasteiger partial charge in [-0.3, -0.25) is 14.4 Å². The van der Waals surface area contributed by atoms with Gasteiger partial charge in [0.05, 0.1) is 17.1 Å². The predicted octanol–water partition coefficient (Wildman–Crippen LogP) is 4.08. The molecule has 1 amide bonds. The van der Waals surface area contributed by atoms with E-state index in [4.69, 9.17) is 12.2 Å². The van der Waals surface area contributed by atoms with E-state index in [1.54, 1.807) is 4.90 Å². The summed E-state index contributed by atoms with van der Waals surface area (Å²) in [4.78, 5) is 14.7. The van der Waals surface area contributed by atoms with Crippen molar-refractivity contribution in [2.24, 2.45) is 0 Å². The first-order valence-corrected chi connectivity index (χ1v) is 9.48. The zero-order valence-electron chi connectivity index (χ0n) is 14.9. The standard InChI is InChI=1S/C19H21N3OS2/c1-5-21-18(23)17(25-19(21)24)10-16-13(3)20-22(14(16)4)11-15-8-6-12(2)7-9-15/h6-10H,5,11H2,1-4H3/b17-10+. The third kappa shape index (κ3) is 3.55. The SMILES string of the molecule is CCN1C(=O)/C(=C\c2c(C)nn(Cc3ccc(C)cc3)c2C)SC1=S. The van der Waals surface area contributed by atoms with Gasteiger partial charge in [0.15, 0.2) is 0 Å². The third-order valence-electron chi connectivity index (χ3n) is 4.36. The van der Waals surface area contributed by atoms with Crippen molar-refractivity contribution in [3.63, 3.8) is 0 Å². The molecule has 0 bridgehead atoms. The second-order valence-electron chi connectivity index (χ2n) is 6.15. The van der Waals surface area contributed by atoms with E-state index in [0.29, 0.717) is 15.8 Å². The van der Waals surface area contributed by atoms with Crippen LogP contribution in [0.15, 0.2) is 29.2 Å². The topological polar surface area (TPSA) is 38.1 Å². The Morgan fingerprint density at radius 2 is 1.88 bits per heavy atom. The van der Waals surface area contributed by atoms with Gasteiger partial charge in [-0.25, -0.2) is 0 Å². The Balaban J connectivity index is 1.90. The van der Waals surface area contributed by atoms with E-state index in [1.165, 1.54) is 22.9 Å². The first-order valence-electron chi connectivity index (χ1n) is 8.25. The van der Waals surface area contributed by atoms with Crippen molar-refractivity contribution in [3.05, 3.63) is 57.2 Å². The Labute approximate surface area is 157 Å². The smallest absolute Gasteiger partial charge is 0.266 e. The number of carbonyl (C=O) groups is 1. The number of aryl methyl sites for hydroxylation is 2. The molecule has 4 nitrogen and oxygen atoms in total. The minimum absolute atomic E-state index is 0.0115. The molecule has 1 saturated heterocycles. The first-order chi connectivity index (χ1) is 11.9. The molecule has 0 radical (unpaired) electrons. The normalized spacial score (nSPS) is 16.3. The molecule has 25 heavy (non-hydrogen) atoms. The summed E-state index contributed by atoms with van der Waals surface area (Å²) in [6.45, 7) is 9.36. The maximum absolute atomic E-state index is 12.4. The molecule has 1 aromatic heterocycles. The third-order valence-corrected chi connectivity index (χ3v) is 5.73. The van der Waals surface area contributed by atoms with Gasteiger partial charge in [-0.05, 0) is 39.3 Å². The van der Waals surface area contributed by atoms with E-state index < -0.39 is 0 Å². The number of thiocarbonyl (C=S) groups is 1. The lowest BCUT2D eigenvalue weighted by atomic mass is 10.1. The number of aromatic nitrogens is 2. The van der Waals surface area contributed by atoms with Gasteiger partial charge in [-0.15, -0.1) is 0 Å². The van der Waals surface area contributed by atoms with Gasteiger partial charge in [0, 0.05) is 17.8 Å². The molecular weight excluding hydrogens is 350 g/mol. The average Bonchev–Trinajstić information content (AvgIpc) is 3.00. The van der Waals surface area contributed by atoms with Crippen molar-refractivity contribution >= 4 is 40.3 Å². The van der Waals surface area contributed by atoms with Crippen molar-refractivity contribution in [3.8, 4) is 0 Å². The lowest BCUT2D eigenvalue weighted by Crippen LogP contribution is -2.27. The number of likely N-dealkylation sites (N-methyl/N-ethyl adjacent to an activating group) is 1. The van der Waals surface area contributed by atoms with Crippen molar-refractivity contribution in [2.45, 2.75) is 34.2 Å². The summed E-state index contributed by atoms with van der Waals surface area (Å²) in [5.41, 5.74) is 5.44. The highest BCUT2D eigenvalue weighted by molar-refractivity contribution is 8.26. The molecule has 3 rings (SSSR count). The Morgan fingerprint density at radius 3 is 2.48 bits per heavy atom. The fourth-order valence-corrected chi connectivity index (χ4v) is 4.21. The Kier molecular flexibility index (Phi) is 5.11. The highest BCUT2D eigenvalue weighted by atomic mass is 32.2. The Morgan fingerprint density at radius 1 is 1.20 bits per heavy atom. The van der Waals surface area contributed by atoms with Crippen LogP contribution >= 0.6 is 24.0 Å². The van der Waals surface area contributed by atoms with E-state index in [0.717, 1.165) is 23.5 Å². The number of rotatable bonds is 4. The summed E-state index contributed by atoms with van der Waals surface area (Å²) < 4.78 is 2.62. The number of hydrogen-bond donors (Lipinski definition) is 0.